The van der Waals surface area contributed by atoms with Gasteiger partial charge in [-0.1, -0.05) is 261 Å². The molecule has 0 saturated heterocycles. The fourth-order valence-electron chi connectivity index (χ4n) is 24.2. The summed E-state index contributed by atoms with van der Waals surface area (Å²) in [7, 11) is 0. The van der Waals surface area contributed by atoms with Gasteiger partial charge in [-0.25, -0.2) is 15.0 Å². The second-order valence-corrected chi connectivity index (χ2v) is 36.6. The van der Waals surface area contributed by atoms with E-state index < -0.39 is 0 Å². The van der Waals surface area contributed by atoms with Crippen LogP contribution in [0, 0.1) is 11.3 Å². The largest absolute Gasteiger partial charge is 0.308 e. The lowest BCUT2D eigenvalue weighted by molar-refractivity contribution is 1.02. The minimum Gasteiger partial charge on any atom is -0.308 e. The Hall–Kier alpha value is -19.0. The molecule has 0 aliphatic rings. The predicted octanol–water partition coefficient (Wildman–Crippen LogP) is 31.4. The summed E-state index contributed by atoms with van der Waals surface area (Å²) < 4.78 is 19.3. The Labute approximate surface area is 783 Å². The third-order valence-electron chi connectivity index (χ3n) is 29.7. The maximum absolute atomic E-state index is 9.66. The molecular formula is C125H71N13. The van der Waals surface area contributed by atoms with E-state index in [9.17, 15) is 5.26 Å². The average molecular weight is 1760 g/mol. The number of rotatable bonds is 6. The molecule has 14 aromatic heterocycles. The molecule has 0 spiro atoms. The number of pyridine rings is 2. The first-order valence-electron chi connectivity index (χ1n) is 46.9. The first-order chi connectivity index (χ1) is 68.5. The van der Waals surface area contributed by atoms with Crippen LogP contribution in [0.25, 0.3) is 285 Å². The first kappa shape index (κ1) is 74.6. The van der Waals surface area contributed by atoms with E-state index in [1.165, 1.54) is 196 Å². The van der Waals surface area contributed by atoms with E-state index in [0.29, 0.717) is 11.5 Å². The molecule has 0 saturated carbocycles. The Kier molecular flexibility index (Phi) is 15.2. The Morgan fingerprint density at radius 2 is 0.594 bits per heavy atom. The Morgan fingerprint density at radius 1 is 0.217 bits per heavy atom. The van der Waals surface area contributed by atoms with E-state index in [1.807, 2.05) is 67.1 Å². The van der Waals surface area contributed by atoms with Gasteiger partial charge in [-0.15, -0.1) is 0 Å². The van der Waals surface area contributed by atoms with Crippen LogP contribution in [0.5, 0.6) is 0 Å². The van der Waals surface area contributed by atoms with Crippen molar-refractivity contribution in [1.29, 1.82) is 5.26 Å². The number of nitrogens with zero attached hydrogens (tertiary/aromatic N) is 13. The number of fused-ring (bicyclic) bond motifs is 39. The van der Waals surface area contributed by atoms with E-state index >= 15 is 0 Å². The minimum atomic E-state index is 0.601. The highest BCUT2D eigenvalue weighted by atomic mass is 15.2. The molecule has 0 aliphatic heterocycles. The fourth-order valence-corrected chi connectivity index (χ4v) is 24.2. The summed E-state index contributed by atoms with van der Waals surface area (Å²) >= 11 is 0. The molecular weight excluding hydrogens is 1680 g/mol. The standard InChI is InChI=1S/C45H26N4.C41H24N4.C39H21N5/c1-2-14-30-27(11-1)22-23-33-37-26-36-32-16-4-7-20-39(32)49-40-21-8-5-17-35(40)41(44(36)49)43(37)48(42(30)33)29-13-9-12-28(25-29)47-38-19-6-3-15-31(38)34-18-10-24-46-45(34)47;1-5-16-34-27(12-1)30-20-21-42-24-38(30)43(34)25-10-9-11-26(22-25)44-35-17-6-2-13-28(35)32-23-33-29-14-3-7-18-36(29)45-37-19-8-4-15-31(37)39(40(32)44)41(33)45;40-22-23-10-9-11-24(20-23)36-27-14-1-5-16-31(27)41-39(42-36)44-33-18-7-3-13-26(33)30-21-29-25-12-2-6-17-32(25)43-34-19-8-4-15-28(34)35(37(29)43)38(30)44/h1-26H;1-24H;1-21H. The van der Waals surface area contributed by atoms with Crippen molar-refractivity contribution < 1.29 is 0 Å². The average Bonchev–Trinajstić information content (AvgIpc) is 1.52. The summed E-state index contributed by atoms with van der Waals surface area (Å²) in [6.45, 7) is 0. The lowest BCUT2D eigenvalue weighted by Crippen LogP contribution is -2.03. The van der Waals surface area contributed by atoms with E-state index in [1.54, 1.807) is 0 Å². The maximum atomic E-state index is 9.66. The minimum absolute atomic E-state index is 0.601. The molecule has 33 rings (SSSR count). The van der Waals surface area contributed by atoms with Crippen LogP contribution in [0.3, 0.4) is 0 Å². The number of hydrogen-bond donors (Lipinski definition) is 0. The van der Waals surface area contributed by atoms with Gasteiger partial charge in [0, 0.05) is 170 Å². The summed E-state index contributed by atoms with van der Waals surface area (Å²) in [6.07, 6.45) is 5.76. The number of aromatic nitrogens is 12. The van der Waals surface area contributed by atoms with Crippen molar-refractivity contribution in [2.75, 3.05) is 0 Å². The van der Waals surface area contributed by atoms with Crippen molar-refractivity contribution in [2.45, 2.75) is 0 Å². The van der Waals surface area contributed by atoms with Crippen LogP contribution < -0.4 is 0 Å². The van der Waals surface area contributed by atoms with Crippen LogP contribution >= 0.6 is 0 Å². The monoisotopic (exact) mass is 1750 g/mol. The molecule has 0 unspecified atom stereocenters. The number of benzene rings is 19. The summed E-state index contributed by atoms with van der Waals surface area (Å²) in [5, 5.41) is 40.5. The van der Waals surface area contributed by atoms with Crippen LogP contribution in [0.15, 0.2) is 431 Å². The van der Waals surface area contributed by atoms with Gasteiger partial charge >= 0.3 is 0 Å². The summed E-state index contributed by atoms with van der Waals surface area (Å²) in [6, 6.07) is 150. The van der Waals surface area contributed by atoms with Gasteiger partial charge in [0.1, 0.15) is 5.65 Å². The van der Waals surface area contributed by atoms with Gasteiger partial charge in [-0.05, 0) is 157 Å². The van der Waals surface area contributed by atoms with E-state index in [2.05, 4.69) is 411 Å². The summed E-state index contributed by atoms with van der Waals surface area (Å²) in [5.74, 6) is 0.606. The Morgan fingerprint density at radius 3 is 1.14 bits per heavy atom. The zero-order valence-electron chi connectivity index (χ0n) is 73.8. The molecule has 0 atom stereocenters. The Balaban J connectivity index is 0.0000000960. The van der Waals surface area contributed by atoms with Gasteiger partial charge < -0.3 is 26.9 Å². The highest BCUT2D eigenvalue weighted by Gasteiger charge is 2.31. The lowest BCUT2D eigenvalue weighted by Gasteiger charge is -2.14. The first-order valence-corrected chi connectivity index (χ1v) is 46.9. The maximum Gasteiger partial charge on any atom is 0.235 e. The third kappa shape index (κ3) is 10.0. The SMILES string of the molecule is N#Cc1cccc(-c2nc(-n3c4ccccc4c4cc5c6ccccc6n6c7ccccc7c(c43)c56)nc3ccccc23)c1.c1cc(-n2c3ccccc3c3cccnc32)cc(-n2c3c4ccccc4ccc3c3cc4c5ccccc5n5c6ccccc6c(c32)c45)c1.c1cc(-n2c3ccccc3c3ccncc32)cc(-n2c3ccccc3c3cc4c5ccccc5n5c6ccccc6c(c32)c45)c1. The van der Waals surface area contributed by atoms with Crippen molar-refractivity contribution in [3.05, 3.63) is 437 Å². The van der Waals surface area contributed by atoms with Gasteiger partial charge in [0.15, 0.2) is 0 Å². The second-order valence-electron chi connectivity index (χ2n) is 36.6. The van der Waals surface area contributed by atoms with Crippen LogP contribution in [0.2, 0.25) is 0 Å². The van der Waals surface area contributed by atoms with E-state index in [4.69, 9.17) is 15.0 Å². The Bertz CT molecular complexity index is 11100. The van der Waals surface area contributed by atoms with E-state index in [0.717, 1.165) is 83.4 Å². The smallest absolute Gasteiger partial charge is 0.235 e. The highest BCUT2D eigenvalue weighted by Crippen LogP contribution is 2.53. The summed E-state index contributed by atoms with van der Waals surface area (Å²) in [4.78, 5) is 19.9. The molecule has 636 valence electrons. The normalized spacial score (nSPS) is 12.3. The molecule has 0 bridgehead atoms. The molecule has 13 nitrogen and oxygen atoms in total. The molecule has 138 heavy (non-hydrogen) atoms. The number of hydrogen-bond acceptors (Lipinski definition) is 5. The molecule has 0 amide bonds. The van der Waals surface area contributed by atoms with Crippen molar-refractivity contribution in [3.63, 3.8) is 0 Å². The van der Waals surface area contributed by atoms with Crippen LogP contribution in [-0.2, 0) is 0 Å². The van der Waals surface area contributed by atoms with E-state index in [-0.39, 0.29) is 0 Å². The molecule has 0 radical (unpaired) electrons. The fraction of sp³-hybridized carbons (Fsp3) is 0. The molecule has 19 aromatic carbocycles. The number of nitriles is 1. The zero-order valence-corrected chi connectivity index (χ0v) is 73.8. The topological polar surface area (TPSA) is 113 Å². The van der Waals surface area contributed by atoms with Crippen molar-refractivity contribution in [2.24, 2.45) is 0 Å². The molecule has 13 heteroatoms. The molecule has 0 aliphatic carbocycles. The zero-order chi connectivity index (χ0) is 90.0. The van der Waals surface area contributed by atoms with Gasteiger partial charge in [0.05, 0.1) is 128 Å². The quantitative estimate of drug-likeness (QED) is 0.165. The van der Waals surface area contributed by atoms with Gasteiger partial charge in [-0.2, -0.15) is 5.26 Å². The highest BCUT2D eigenvalue weighted by molar-refractivity contribution is 6.38. The van der Waals surface area contributed by atoms with Crippen molar-refractivity contribution in [1.82, 2.24) is 56.0 Å². The second kappa shape index (κ2) is 28.0. The van der Waals surface area contributed by atoms with Crippen LogP contribution in [0.1, 0.15) is 5.56 Å². The molecule has 33 aromatic rings. The molecule has 14 heterocycles. The van der Waals surface area contributed by atoms with Gasteiger partial charge in [-0.3, -0.25) is 14.1 Å². The van der Waals surface area contributed by atoms with Crippen LogP contribution in [-0.4, -0.2) is 56.0 Å². The van der Waals surface area contributed by atoms with Crippen LogP contribution in [0.4, 0.5) is 0 Å². The van der Waals surface area contributed by atoms with Gasteiger partial charge in [0.2, 0.25) is 5.95 Å². The lowest BCUT2D eigenvalue weighted by atomic mass is 10.0. The molecule has 0 N–H and O–H groups in total. The third-order valence-corrected chi connectivity index (χ3v) is 29.7. The number of para-hydroxylation sites is 11. The van der Waals surface area contributed by atoms with Crippen molar-refractivity contribution in [3.8, 4) is 46.0 Å². The molecule has 0 fully saturated rings. The summed E-state index contributed by atoms with van der Waals surface area (Å²) in [5.41, 5.74) is 30.3. The van der Waals surface area contributed by atoms with Crippen molar-refractivity contribution >= 4 is 245 Å². The predicted molar refractivity (Wildman–Crippen MR) is 571 cm³/mol. The van der Waals surface area contributed by atoms with Gasteiger partial charge in [0.25, 0.3) is 0 Å².